The van der Waals surface area contributed by atoms with Gasteiger partial charge < -0.3 is 19.6 Å². The Labute approximate surface area is 156 Å². The molecule has 0 spiro atoms. The van der Waals surface area contributed by atoms with Crippen molar-refractivity contribution in [1.29, 1.82) is 0 Å². The fraction of sp³-hybridized carbons (Fsp3) is 0.389. The number of aliphatic hydroxyl groups is 1. The van der Waals surface area contributed by atoms with Gasteiger partial charge in [0.05, 0.1) is 18.4 Å². The molecule has 3 heterocycles. The summed E-state index contributed by atoms with van der Waals surface area (Å²) in [6, 6.07) is 9.50. The highest BCUT2D eigenvalue weighted by Gasteiger charge is 2.23. The number of rotatable bonds is 3. The van der Waals surface area contributed by atoms with Gasteiger partial charge in [-0.2, -0.15) is 0 Å². The molecule has 0 aliphatic carbocycles. The Morgan fingerprint density at radius 3 is 2.69 bits per heavy atom. The number of nitrogens with zero attached hydrogens (tertiary/aromatic N) is 4. The van der Waals surface area contributed by atoms with Crippen molar-refractivity contribution in [2.75, 3.05) is 42.6 Å². The minimum absolute atomic E-state index is 0.0380. The predicted molar refractivity (Wildman–Crippen MR) is 98.5 cm³/mol. The quantitative estimate of drug-likeness (QED) is 0.824. The van der Waals surface area contributed by atoms with Crippen LogP contribution in [-0.4, -0.2) is 59.9 Å². The van der Waals surface area contributed by atoms with E-state index in [9.17, 15) is 9.90 Å². The first-order valence-electron chi connectivity index (χ1n) is 8.56. The molecule has 1 unspecified atom stereocenters. The van der Waals surface area contributed by atoms with E-state index in [1.54, 1.807) is 4.90 Å². The summed E-state index contributed by atoms with van der Waals surface area (Å²) in [7, 11) is 0. The number of carbonyl (C=O) groups excluding carboxylic acids is 1. The molecule has 2 fully saturated rings. The molecule has 8 heteroatoms. The molecule has 136 valence electrons. The molecule has 2 aliphatic heterocycles. The van der Waals surface area contributed by atoms with Crippen LogP contribution in [-0.2, 0) is 9.53 Å². The van der Waals surface area contributed by atoms with Gasteiger partial charge in [0.15, 0.2) is 0 Å². The van der Waals surface area contributed by atoms with E-state index in [0.717, 1.165) is 24.2 Å². The third kappa shape index (κ3) is 3.51. The van der Waals surface area contributed by atoms with E-state index < -0.39 is 0 Å². The number of aliphatic hydroxyl groups excluding tert-OH is 1. The Balaban J connectivity index is 1.59. The smallest absolute Gasteiger partial charge is 0.253 e. The van der Waals surface area contributed by atoms with Crippen molar-refractivity contribution in [2.45, 2.75) is 12.5 Å². The maximum Gasteiger partial charge on any atom is 0.253 e. The Kier molecular flexibility index (Phi) is 4.76. The molecule has 2 aliphatic rings. The number of halogens is 1. The number of hydrogen-bond acceptors (Lipinski definition) is 6. The summed E-state index contributed by atoms with van der Waals surface area (Å²) < 4.78 is 5.16. The number of hydrogen-bond donors (Lipinski definition) is 1. The van der Waals surface area contributed by atoms with Crippen LogP contribution in [0.5, 0.6) is 0 Å². The summed E-state index contributed by atoms with van der Waals surface area (Å²) in [4.78, 5) is 24.3. The van der Waals surface area contributed by atoms with Gasteiger partial charge in [-0.15, -0.1) is 0 Å². The predicted octanol–water partition coefficient (Wildman–Crippen LogP) is 1.73. The lowest BCUT2D eigenvalue weighted by molar-refractivity contribution is -0.125. The van der Waals surface area contributed by atoms with Crippen LogP contribution in [0.2, 0.25) is 5.28 Å². The fourth-order valence-corrected chi connectivity index (χ4v) is 3.45. The average Bonchev–Trinajstić information content (AvgIpc) is 3.08. The molecule has 26 heavy (non-hydrogen) atoms. The summed E-state index contributed by atoms with van der Waals surface area (Å²) in [6.07, 6.45) is 0.386. The maximum absolute atomic E-state index is 11.9. The van der Waals surface area contributed by atoms with E-state index in [0.29, 0.717) is 31.2 Å². The maximum atomic E-state index is 11.9. The molecule has 0 bridgehead atoms. The van der Waals surface area contributed by atoms with Crippen LogP contribution in [0.3, 0.4) is 0 Å². The summed E-state index contributed by atoms with van der Waals surface area (Å²) in [5, 5.41) is 9.91. The third-order valence-electron chi connectivity index (χ3n) is 4.63. The third-order valence-corrected chi connectivity index (χ3v) is 4.80. The molecule has 1 amide bonds. The molecule has 2 saturated heterocycles. The van der Waals surface area contributed by atoms with Gasteiger partial charge in [0, 0.05) is 37.0 Å². The summed E-state index contributed by atoms with van der Waals surface area (Å²) >= 11 is 6.11. The average molecular weight is 375 g/mol. The first-order valence-corrected chi connectivity index (χ1v) is 8.94. The Hall–Kier alpha value is -2.22. The van der Waals surface area contributed by atoms with Crippen LogP contribution in [0, 0.1) is 0 Å². The second kappa shape index (κ2) is 7.19. The Morgan fingerprint density at radius 1 is 1.19 bits per heavy atom. The molecule has 1 aromatic heterocycles. The topological polar surface area (TPSA) is 78.8 Å². The van der Waals surface area contributed by atoms with E-state index in [2.05, 4.69) is 9.97 Å². The van der Waals surface area contributed by atoms with Gasteiger partial charge in [-0.3, -0.25) is 4.79 Å². The minimum Gasteiger partial charge on any atom is -0.391 e. The van der Waals surface area contributed by atoms with E-state index in [-0.39, 0.29) is 23.9 Å². The van der Waals surface area contributed by atoms with Crippen LogP contribution in [0.25, 0.3) is 11.3 Å². The lowest BCUT2D eigenvalue weighted by atomic mass is 10.1. The molecule has 0 saturated carbocycles. The zero-order valence-electron chi connectivity index (χ0n) is 14.1. The minimum atomic E-state index is -0.336. The standard InChI is InChI=1S/C18H19ClN4O3/c19-18-20-15(9-16(21-18)22-6-5-14(24)10-22)12-1-3-13(4-2-12)23-7-8-26-11-17(23)25/h1-4,9,14,24H,5-8,10-11H2. The van der Waals surface area contributed by atoms with Gasteiger partial charge in [0.25, 0.3) is 5.91 Å². The highest BCUT2D eigenvalue weighted by molar-refractivity contribution is 6.28. The number of benzene rings is 1. The highest BCUT2D eigenvalue weighted by Crippen LogP contribution is 2.27. The van der Waals surface area contributed by atoms with Gasteiger partial charge >= 0.3 is 0 Å². The fourth-order valence-electron chi connectivity index (χ4n) is 3.27. The monoisotopic (exact) mass is 374 g/mol. The molecule has 1 atom stereocenters. The Bertz CT molecular complexity index is 815. The van der Waals surface area contributed by atoms with Crippen molar-refractivity contribution in [3.05, 3.63) is 35.6 Å². The van der Waals surface area contributed by atoms with E-state index in [1.807, 2.05) is 35.2 Å². The van der Waals surface area contributed by atoms with Gasteiger partial charge in [0.2, 0.25) is 5.28 Å². The summed E-state index contributed by atoms with van der Waals surface area (Å²) in [5.74, 6) is 0.674. The second-order valence-corrected chi connectivity index (χ2v) is 6.75. The zero-order chi connectivity index (χ0) is 18.1. The largest absolute Gasteiger partial charge is 0.391 e. The molecular formula is C18H19ClN4O3. The lowest BCUT2D eigenvalue weighted by Gasteiger charge is -2.26. The molecule has 4 rings (SSSR count). The first kappa shape index (κ1) is 17.2. The number of amides is 1. The van der Waals surface area contributed by atoms with E-state index in [4.69, 9.17) is 16.3 Å². The lowest BCUT2D eigenvalue weighted by Crippen LogP contribution is -2.41. The molecule has 7 nitrogen and oxygen atoms in total. The number of aromatic nitrogens is 2. The van der Waals surface area contributed by atoms with Gasteiger partial charge in [-0.05, 0) is 30.2 Å². The van der Waals surface area contributed by atoms with E-state index in [1.165, 1.54) is 0 Å². The van der Waals surface area contributed by atoms with Crippen LogP contribution in [0.4, 0.5) is 11.5 Å². The van der Waals surface area contributed by atoms with Crippen molar-refractivity contribution in [2.24, 2.45) is 0 Å². The van der Waals surface area contributed by atoms with Gasteiger partial charge in [-0.25, -0.2) is 9.97 Å². The number of anilines is 2. The van der Waals surface area contributed by atoms with Crippen molar-refractivity contribution in [1.82, 2.24) is 9.97 Å². The van der Waals surface area contributed by atoms with E-state index >= 15 is 0 Å². The molecular weight excluding hydrogens is 356 g/mol. The molecule has 1 N–H and O–H groups in total. The van der Waals surface area contributed by atoms with Crippen LogP contribution < -0.4 is 9.80 Å². The molecule has 2 aromatic rings. The number of ether oxygens (including phenoxy) is 1. The summed E-state index contributed by atoms with van der Waals surface area (Å²) in [6.45, 7) is 2.50. The number of morpholine rings is 1. The van der Waals surface area contributed by atoms with Crippen molar-refractivity contribution in [3.63, 3.8) is 0 Å². The highest BCUT2D eigenvalue weighted by atomic mass is 35.5. The van der Waals surface area contributed by atoms with Crippen LogP contribution >= 0.6 is 11.6 Å². The number of β-amino-alcohol motifs (C(OH)–C–C–N with tert-alkyl or cyclic N) is 1. The number of carbonyl (C=O) groups is 1. The normalized spacial score (nSPS) is 20.7. The van der Waals surface area contributed by atoms with Gasteiger partial charge in [0.1, 0.15) is 12.4 Å². The van der Waals surface area contributed by atoms with Crippen molar-refractivity contribution < 1.29 is 14.6 Å². The molecule has 1 aromatic carbocycles. The second-order valence-electron chi connectivity index (χ2n) is 6.41. The Morgan fingerprint density at radius 2 is 2.00 bits per heavy atom. The van der Waals surface area contributed by atoms with Crippen molar-refractivity contribution >= 4 is 29.0 Å². The van der Waals surface area contributed by atoms with Crippen molar-refractivity contribution in [3.8, 4) is 11.3 Å². The zero-order valence-corrected chi connectivity index (χ0v) is 14.9. The SMILES string of the molecule is O=C1COCCN1c1ccc(-c2cc(N3CCC(O)C3)nc(Cl)n2)cc1. The summed E-state index contributed by atoms with van der Waals surface area (Å²) in [5.41, 5.74) is 2.44. The molecule has 0 radical (unpaired) electrons. The van der Waals surface area contributed by atoms with Crippen LogP contribution in [0.15, 0.2) is 30.3 Å². The van der Waals surface area contributed by atoms with Gasteiger partial charge in [-0.1, -0.05) is 12.1 Å². The first-order chi connectivity index (χ1) is 12.6. The van der Waals surface area contributed by atoms with Crippen LogP contribution in [0.1, 0.15) is 6.42 Å².